The summed E-state index contributed by atoms with van der Waals surface area (Å²) in [5.74, 6) is 0.655. The second-order valence-corrected chi connectivity index (χ2v) is 5.16. The van der Waals surface area contributed by atoms with E-state index in [1.54, 1.807) is 25.3 Å². The Labute approximate surface area is 107 Å². The summed E-state index contributed by atoms with van der Waals surface area (Å²) in [6, 6.07) is 5.06. The Morgan fingerprint density at radius 2 is 2.12 bits per heavy atom. The number of hydrogen-bond acceptors (Lipinski definition) is 3. The van der Waals surface area contributed by atoms with E-state index in [1.165, 1.54) is 0 Å². The van der Waals surface area contributed by atoms with E-state index in [2.05, 4.69) is 0 Å². The SMILES string of the molecule is COc1ccc(C(=O)CCC(C)(C)N)c(Cl)c1. The molecule has 0 amide bonds. The Morgan fingerprint density at radius 3 is 2.59 bits per heavy atom. The number of carbonyl (C=O) groups excluding carboxylic acids is 1. The minimum atomic E-state index is -0.339. The number of halogens is 1. The molecule has 0 spiro atoms. The van der Waals surface area contributed by atoms with Crippen LogP contribution in [0.15, 0.2) is 18.2 Å². The number of ketones is 1. The highest BCUT2D eigenvalue weighted by molar-refractivity contribution is 6.34. The number of nitrogens with two attached hydrogens (primary N) is 1. The fraction of sp³-hybridized carbons (Fsp3) is 0.462. The molecule has 0 saturated heterocycles. The Hall–Kier alpha value is -1.06. The zero-order valence-corrected chi connectivity index (χ0v) is 11.2. The second kappa shape index (κ2) is 5.52. The summed E-state index contributed by atoms with van der Waals surface area (Å²) < 4.78 is 5.03. The summed E-state index contributed by atoms with van der Waals surface area (Å²) in [5, 5.41) is 0.421. The molecular weight excluding hydrogens is 238 g/mol. The maximum Gasteiger partial charge on any atom is 0.164 e. The van der Waals surface area contributed by atoms with Gasteiger partial charge in [0.2, 0.25) is 0 Å². The summed E-state index contributed by atoms with van der Waals surface area (Å²) in [6.07, 6.45) is 1.03. The molecule has 2 N–H and O–H groups in total. The predicted octanol–water partition coefficient (Wildman–Crippen LogP) is 3.05. The van der Waals surface area contributed by atoms with Crippen molar-refractivity contribution in [2.45, 2.75) is 32.2 Å². The van der Waals surface area contributed by atoms with E-state index < -0.39 is 0 Å². The van der Waals surface area contributed by atoms with Crippen LogP contribution >= 0.6 is 11.6 Å². The number of rotatable bonds is 5. The van der Waals surface area contributed by atoms with Crippen molar-refractivity contribution in [3.63, 3.8) is 0 Å². The smallest absolute Gasteiger partial charge is 0.164 e. The molecule has 0 radical (unpaired) electrons. The highest BCUT2D eigenvalue weighted by Crippen LogP contribution is 2.24. The van der Waals surface area contributed by atoms with Gasteiger partial charge in [0.1, 0.15) is 5.75 Å². The van der Waals surface area contributed by atoms with Gasteiger partial charge in [-0.1, -0.05) is 11.6 Å². The Bertz CT molecular complexity index is 410. The van der Waals surface area contributed by atoms with Gasteiger partial charge in [0, 0.05) is 17.5 Å². The van der Waals surface area contributed by atoms with E-state index in [-0.39, 0.29) is 11.3 Å². The van der Waals surface area contributed by atoms with E-state index in [0.29, 0.717) is 29.2 Å². The van der Waals surface area contributed by atoms with Gasteiger partial charge in [-0.3, -0.25) is 4.79 Å². The largest absolute Gasteiger partial charge is 0.497 e. The Balaban J connectivity index is 2.76. The molecule has 3 nitrogen and oxygen atoms in total. The van der Waals surface area contributed by atoms with Crippen molar-refractivity contribution in [1.82, 2.24) is 0 Å². The molecule has 0 heterocycles. The van der Waals surface area contributed by atoms with Crippen LogP contribution in [0.5, 0.6) is 5.75 Å². The summed E-state index contributed by atoms with van der Waals surface area (Å²) in [7, 11) is 1.56. The molecule has 94 valence electrons. The molecule has 17 heavy (non-hydrogen) atoms. The fourth-order valence-electron chi connectivity index (χ4n) is 1.42. The highest BCUT2D eigenvalue weighted by atomic mass is 35.5. The molecule has 1 rings (SSSR count). The lowest BCUT2D eigenvalue weighted by molar-refractivity contribution is 0.0972. The standard InChI is InChI=1S/C13H18ClNO2/c1-13(2,15)7-6-12(16)10-5-4-9(17-3)8-11(10)14/h4-5,8H,6-7,15H2,1-3H3. The lowest BCUT2D eigenvalue weighted by Crippen LogP contribution is -2.32. The molecule has 0 aliphatic carbocycles. The van der Waals surface area contributed by atoms with E-state index >= 15 is 0 Å². The average molecular weight is 256 g/mol. The number of methoxy groups -OCH3 is 1. The highest BCUT2D eigenvalue weighted by Gasteiger charge is 2.16. The molecule has 0 fully saturated rings. The third-order valence-corrected chi connectivity index (χ3v) is 2.79. The third kappa shape index (κ3) is 4.36. The van der Waals surface area contributed by atoms with Gasteiger partial charge in [0.05, 0.1) is 12.1 Å². The van der Waals surface area contributed by atoms with Crippen molar-refractivity contribution in [3.05, 3.63) is 28.8 Å². The first kappa shape index (κ1) is 14.0. The molecule has 0 aliphatic heterocycles. The van der Waals surface area contributed by atoms with Crippen molar-refractivity contribution in [2.24, 2.45) is 5.73 Å². The Kier molecular flexibility index (Phi) is 4.54. The zero-order valence-electron chi connectivity index (χ0n) is 10.4. The molecule has 0 saturated carbocycles. The summed E-state index contributed by atoms with van der Waals surface area (Å²) in [6.45, 7) is 3.80. The molecule has 4 heteroatoms. The van der Waals surface area contributed by atoms with Crippen LogP contribution in [0.1, 0.15) is 37.0 Å². The van der Waals surface area contributed by atoms with Crippen LogP contribution in [0, 0.1) is 0 Å². The molecule has 1 aromatic rings. The maximum absolute atomic E-state index is 11.9. The number of benzene rings is 1. The Morgan fingerprint density at radius 1 is 1.47 bits per heavy atom. The van der Waals surface area contributed by atoms with Gasteiger partial charge in [-0.2, -0.15) is 0 Å². The van der Waals surface area contributed by atoms with Gasteiger partial charge >= 0.3 is 0 Å². The van der Waals surface area contributed by atoms with Gasteiger partial charge in [-0.05, 0) is 38.5 Å². The van der Waals surface area contributed by atoms with Crippen LogP contribution in [-0.2, 0) is 0 Å². The lowest BCUT2D eigenvalue weighted by atomic mass is 9.96. The van der Waals surface area contributed by atoms with Gasteiger partial charge in [0.15, 0.2) is 5.78 Å². The first-order chi connectivity index (χ1) is 7.83. The van der Waals surface area contributed by atoms with E-state index in [0.717, 1.165) is 0 Å². The van der Waals surface area contributed by atoms with Crippen LogP contribution in [0.4, 0.5) is 0 Å². The van der Waals surface area contributed by atoms with Crippen LogP contribution in [0.3, 0.4) is 0 Å². The third-order valence-electron chi connectivity index (χ3n) is 2.47. The summed E-state index contributed by atoms with van der Waals surface area (Å²) in [5.41, 5.74) is 6.03. The van der Waals surface area contributed by atoms with Crippen LogP contribution in [0.2, 0.25) is 5.02 Å². The lowest BCUT2D eigenvalue weighted by Gasteiger charge is -2.17. The predicted molar refractivity (Wildman–Crippen MR) is 69.8 cm³/mol. The molecule has 1 aromatic carbocycles. The van der Waals surface area contributed by atoms with E-state index in [9.17, 15) is 4.79 Å². The molecule has 0 bridgehead atoms. The van der Waals surface area contributed by atoms with E-state index in [4.69, 9.17) is 22.1 Å². The first-order valence-electron chi connectivity index (χ1n) is 5.49. The normalized spacial score (nSPS) is 11.4. The van der Waals surface area contributed by atoms with Crippen molar-refractivity contribution in [2.75, 3.05) is 7.11 Å². The molecule has 0 atom stereocenters. The van der Waals surface area contributed by atoms with Gasteiger partial charge < -0.3 is 10.5 Å². The van der Waals surface area contributed by atoms with Crippen molar-refractivity contribution >= 4 is 17.4 Å². The van der Waals surface area contributed by atoms with Gasteiger partial charge in [-0.15, -0.1) is 0 Å². The van der Waals surface area contributed by atoms with Crippen molar-refractivity contribution in [1.29, 1.82) is 0 Å². The number of ether oxygens (including phenoxy) is 1. The zero-order chi connectivity index (χ0) is 13.1. The molecule has 0 aliphatic rings. The van der Waals surface area contributed by atoms with Crippen molar-refractivity contribution in [3.8, 4) is 5.75 Å². The number of carbonyl (C=O) groups is 1. The first-order valence-corrected chi connectivity index (χ1v) is 5.87. The molecule has 0 unspecified atom stereocenters. The fourth-order valence-corrected chi connectivity index (χ4v) is 1.70. The summed E-state index contributed by atoms with van der Waals surface area (Å²) in [4.78, 5) is 11.9. The number of Topliss-reactive ketones (excluding diaryl/α,β-unsaturated/α-hetero) is 1. The topological polar surface area (TPSA) is 52.3 Å². The summed E-state index contributed by atoms with van der Waals surface area (Å²) >= 11 is 6.02. The van der Waals surface area contributed by atoms with E-state index in [1.807, 2.05) is 13.8 Å². The quantitative estimate of drug-likeness (QED) is 0.823. The minimum Gasteiger partial charge on any atom is -0.497 e. The van der Waals surface area contributed by atoms with Crippen LogP contribution in [-0.4, -0.2) is 18.4 Å². The van der Waals surface area contributed by atoms with Crippen LogP contribution < -0.4 is 10.5 Å². The second-order valence-electron chi connectivity index (χ2n) is 4.76. The minimum absolute atomic E-state index is 0.0104. The molecule has 0 aromatic heterocycles. The maximum atomic E-state index is 11.9. The molecular formula is C13H18ClNO2. The van der Waals surface area contributed by atoms with Gasteiger partial charge in [0.25, 0.3) is 0 Å². The average Bonchev–Trinajstić information content (AvgIpc) is 2.24. The number of hydrogen-bond donors (Lipinski definition) is 1. The van der Waals surface area contributed by atoms with Crippen molar-refractivity contribution < 1.29 is 9.53 Å². The monoisotopic (exact) mass is 255 g/mol. The van der Waals surface area contributed by atoms with Crippen LogP contribution in [0.25, 0.3) is 0 Å². The van der Waals surface area contributed by atoms with Gasteiger partial charge in [-0.25, -0.2) is 0 Å².